The molecule has 0 atom stereocenters. The molecule has 3 aromatic rings. The lowest BCUT2D eigenvalue weighted by molar-refractivity contribution is 0.580. The lowest BCUT2D eigenvalue weighted by Gasteiger charge is -2.09. The minimum atomic E-state index is -3.84. The van der Waals surface area contributed by atoms with Crippen molar-refractivity contribution in [3.05, 3.63) is 76.5 Å². The first-order valence-electron chi connectivity index (χ1n) is 7.01. The summed E-state index contributed by atoms with van der Waals surface area (Å²) in [5, 5.41) is 4.49. The fraction of sp³-hybridized carbons (Fsp3) is 0.0625. The van der Waals surface area contributed by atoms with Crippen molar-refractivity contribution in [2.45, 2.75) is 11.4 Å². The van der Waals surface area contributed by atoms with Crippen LogP contribution in [0, 0.1) is 0 Å². The smallest absolute Gasteiger partial charge is 0.241 e. The highest BCUT2D eigenvalue weighted by Gasteiger charge is 2.21. The molecule has 0 aliphatic carbocycles. The van der Waals surface area contributed by atoms with Crippen LogP contribution in [0.1, 0.15) is 5.69 Å². The molecule has 0 radical (unpaired) electrons. The average Bonchev–Trinajstić information content (AvgIpc) is 3.03. The Morgan fingerprint density at radius 3 is 2.29 bits per heavy atom. The van der Waals surface area contributed by atoms with Crippen LogP contribution in [-0.2, 0) is 16.6 Å². The Kier molecular flexibility index (Phi) is 4.91. The molecular formula is C16H13Cl2N3O2S. The molecule has 8 heteroatoms. The van der Waals surface area contributed by atoms with E-state index >= 15 is 0 Å². The number of benzene rings is 2. The number of nitrogens with zero attached hydrogens (tertiary/aromatic N) is 2. The molecule has 0 aliphatic rings. The van der Waals surface area contributed by atoms with Crippen molar-refractivity contribution in [3.63, 3.8) is 0 Å². The molecule has 0 bridgehead atoms. The van der Waals surface area contributed by atoms with Gasteiger partial charge < -0.3 is 0 Å². The number of rotatable bonds is 5. The maximum atomic E-state index is 12.4. The van der Waals surface area contributed by atoms with E-state index in [4.69, 9.17) is 23.2 Å². The molecule has 5 nitrogen and oxygen atoms in total. The summed E-state index contributed by atoms with van der Waals surface area (Å²) < 4.78 is 29.0. The number of halogens is 2. The van der Waals surface area contributed by atoms with E-state index < -0.39 is 10.0 Å². The third-order valence-corrected chi connectivity index (χ3v) is 5.65. The summed E-state index contributed by atoms with van der Waals surface area (Å²) in [6.45, 7) is 0.0315. The van der Waals surface area contributed by atoms with Crippen molar-refractivity contribution >= 4 is 33.2 Å². The third-order valence-electron chi connectivity index (χ3n) is 3.30. The van der Waals surface area contributed by atoms with E-state index in [0.29, 0.717) is 5.69 Å². The van der Waals surface area contributed by atoms with Gasteiger partial charge in [0.15, 0.2) is 0 Å². The molecule has 1 aromatic heterocycles. The topological polar surface area (TPSA) is 64.0 Å². The molecule has 0 saturated carbocycles. The standard InChI is InChI=1S/C16H13Cl2N3O2S/c17-14-7-4-8-15(18)16(14)24(22,23)19-11-12-9-10-21(20-12)13-5-2-1-3-6-13/h1-10,19H,11H2. The van der Waals surface area contributed by atoms with Gasteiger partial charge in [-0.05, 0) is 30.3 Å². The van der Waals surface area contributed by atoms with Crippen LogP contribution in [-0.4, -0.2) is 18.2 Å². The van der Waals surface area contributed by atoms with Gasteiger partial charge in [0.2, 0.25) is 10.0 Å². The van der Waals surface area contributed by atoms with E-state index in [-0.39, 0.29) is 21.5 Å². The van der Waals surface area contributed by atoms with Crippen molar-refractivity contribution in [1.82, 2.24) is 14.5 Å². The quantitative estimate of drug-likeness (QED) is 0.733. The zero-order chi connectivity index (χ0) is 17.2. The molecule has 0 amide bonds. The molecule has 24 heavy (non-hydrogen) atoms. The summed E-state index contributed by atoms with van der Waals surface area (Å²) in [6, 6.07) is 15.8. The van der Waals surface area contributed by atoms with Gasteiger partial charge in [-0.25, -0.2) is 17.8 Å². The third kappa shape index (κ3) is 3.62. The van der Waals surface area contributed by atoms with Gasteiger partial charge in [0, 0.05) is 6.20 Å². The van der Waals surface area contributed by atoms with Crippen LogP contribution in [0.3, 0.4) is 0 Å². The fourth-order valence-electron chi connectivity index (χ4n) is 2.16. The molecule has 0 saturated heterocycles. The van der Waals surface area contributed by atoms with Gasteiger partial charge in [0.1, 0.15) is 4.90 Å². The van der Waals surface area contributed by atoms with Gasteiger partial charge in [0.25, 0.3) is 0 Å². The van der Waals surface area contributed by atoms with Crippen LogP contribution >= 0.6 is 23.2 Å². The summed E-state index contributed by atoms with van der Waals surface area (Å²) >= 11 is 11.9. The predicted octanol–water partition coefficient (Wildman–Crippen LogP) is 3.66. The van der Waals surface area contributed by atoms with Crippen molar-refractivity contribution in [1.29, 1.82) is 0 Å². The first-order chi connectivity index (χ1) is 11.5. The van der Waals surface area contributed by atoms with E-state index in [1.807, 2.05) is 30.3 Å². The Hall–Kier alpha value is -1.86. The normalized spacial score (nSPS) is 11.6. The molecule has 1 heterocycles. The second-order valence-corrected chi connectivity index (χ2v) is 7.48. The van der Waals surface area contributed by atoms with Crippen molar-refractivity contribution < 1.29 is 8.42 Å². The molecule has 0 spiro atoms. The fourth-order valence-corrected chi connectivity index (χ4v) is 4.30. The average molecular weight is 382 g/mol. The Labute approximate surface area is 149 Å². The largest absolute Gasteiger partial charge is 0.243 e. The summed E-state index contributed by atoms with van der Waals surface area (Å²) in [7, 11) is -3.84. The lowest BCUT2D eigenvalue weighted by atomic mass is 10.3. The monoisotopic (exact) mass is 381 g/mol. The summed E-state index contributed by atoms with van der Waals surface area (Å²) in [4.78, 5) is -0.129. The van der Waals surface area contributed by atoms with Crippen LogP contribution in [0.25, 0.3) is 5.69 Å². The molecule has 0 unspecified atom stereocenters. The predicted molar refractivity (Wildman–Crippen MR) is 94.1 cm³/mol. The highest BCUT2D eigenvalue weighted by atomic mass is 35.5. The number of aromatic nitrogens is 2. The lowest BCUT2D eigenvalue weighted by Crippen LogP contribution is -2.24. The van der Waals surface area contributed by atoms with Gasteiger partial charge in [-0.2, -0.15) is 5.10 Å². The van der Waals surface area contributed by atoms with Crippen molar-refractivity contribution in [2.75, 3.05) is 0 Å². The van der Waals surface area contributed by atoms with Gasteiger partial charge in [-0.1, -0.05) is 47.5 Å². The van der Waals surface area contributed by atoms with Crippen molar-refractivity contribution in [2.24, 2.45) is 0 Å². The Morgan fingerprint density at radius 1 is 0.958 bits per heavy atom. The number of nitrogens with one attached hydrogen (secondary N) is 1. The highest BCUT2D eigenvalue weighted by molar-refractivity contribution is 7.89. The van der Waals surface area contributed by atoms with E-state index in [2.05, 4.69) is 9.82 Å². The van der Waals surface area contributed by atoms with Gasteiger partial charge in [0.05, 0.1) is 28.0 Å². The first-order valence-corrected chi connectivity index (χ1v) is 9.25. The second-order valence-electron chi connectivity index (χ2n) is 4.96. The summed E-state index contributed by atoms with van der Waals surface area (Å²) in [5.41, 5.74) is 1.46. The minimum Gasteiger partial charge on any atom is -0.241 e. The SMILES string of the molecule is O=S(=O)(NCc1ccn(-c2ccccc2)n1)c1c(Cl)cccc1Cl. The van der Waals surface area contributed by atoms with Crippen LogP contribution < -0.4 is 4.72 Å². The number of hydrogen-bond acceptors (Lipinski definition) is 3. The Balaban J connectivity index is 1.78. The van der Waals surface area contributed by atoms with Gasteiger partial charge >= 0.3 is 0 Å². The maximum Gasteiger partial charge on any atom is 0.243 e. The van der Waals surface area contributed by atoms with Gasteiger partial charge in [-0.15, -0.1) is 0 Å². The van der Waals surface area contributed by atoms with E-state index in [0.717, 1.165) is 5.69 Å². The Bertz CT molecular complexity index is 936. The molecule has 0 fully saturated rings. The van der Waals surface area contributed by atoms with Crippen LogP contribution in [0.15, 0.2) is 65.7 Å². The number of para-hydroxylation sites is 1. The van der Waals surface area contributed by atoms with Crippen LogP contribution in [0.2, 0.25) is 10.0 Å². The van der Waals surface area contributed by atoms with Crippen LogP contribution in [0.4, 0.5) is 0 Å². The van der Waals surface area contributed by atoms with Gasteiger partial charge in [-0.3, -0.25) is 0 Å². The van der Waals surface area contributed by atoms with E-state index in [9.17, 15) is 8.42 Å². The minimum absolute atomic E-state index is 0.0315. The van der Waals surface area contributed by atoms with Crippen molar-refractivity contribution in [3.8, 4) is 5.69 Å². The van der Waals surface area contributed by atoms with Crippen LogP contribution in [0.5, 0.6) is 0 Å². The zero-order valence-electron chi connectivity index (χ0n) is 12.4. The molecule has 1 N–H and O–H groups in total. The molecule has 124 valence electrons. The summed E-state index contributed by atoms with van der Waals surface area (Å²) in [6.07, 6.45) is 1.77. The van der Waals surface area contributed by atoms with E-state index in [1.54, 1.807) is 23.0 Å². The number of hydrogen-bond donors (Lipinski definition) is 1. The molecule has 2 aromatic carbocycles. The molecular weight excluding hydrogens is 369 g/mol. The Morgan fingerprint density at radius 2 is 1.62 bits per heavy atom. The highest BCUT2D eigenvalue weighted by Crippen LogP contribution is 2.28. The summed E-state index contributed by atoms with van der Waals surface area (Å²) in [5.74, 6) is 0. The zero-order valence-corrected chi connectivity index (χ0v) is 14.7. The number of sulfonamides is 1. The molecule has 3 rings (SSSR count). The second kappa shape index (κ2) is 6.94. The first kappa shape index (κ1) is 17.0. The maximum absolute atomic E-state index is 12.4. The van der Waals surface area contributed by atoms with E-state index in [1.165, 1.54) is 12.1 Å². The molecule has 0 aliphatic heterocycles.